The SMILES string of the molecule is N#CC[C@H](N)c1c[nH]c2ccccc12. The predicted molar refractivity (Wildman–Crippen MR) is 55.5 cm³/mol. The smallest absolute Gasteiger partial charge is 0.0641 e. The molecule has 0 radical (unpaired) electrons. The maximum absolute atomic E-state index is 8.57. The second-order valence-corrected chi connectivity index (χ2v) is 3.26. The first-order chi connectivity index (χ1) is 6.83. The van der Waals surface area contributed by atoms with Gasteiger partial charge >= 0.3 is 0 Å². The summed E-state index contributed by atoms with van der Waals surface area (Å²) in [6.07, 6.45) is 2.23. The summed E-state index contributed by atoms with van der Waals surface area (Å²) in [4.78, 5) is 3.14. The summed E-state index contributed by atoms with van der Waals surface area (Å²) in [7, 11) is 0. The van der Waals surface area contributed by atoms with Crippen LogP contribution >= 0.6 is 0 Å². The van der Waals surface area contributed by atoms with Gasteiger partial charge in [-0.1, -0.05) is 18.2 Å². The van der Waals surface area contributed by atoms with Crippen LogP contribution in [0.3, 0.4) is 0 Å². The van der Waals surface area contributed by atoms with E-state index >= 15 is 0 Å². The van der Waals surface area contributed by atoms with E-state index in [-0.39, 0.29) is 6.04 Å². The van der Waals surface area contributed by atoms with Gasteiger partial charge in [-0.05, 0) is 11.6 Å². The lowest BCUT2D eigenvalue weighted by Crippen LogP contribution is -2.08. The normalized spacial score (nSPS) is 12.6. The van der Waals surface area contributed by atoms with E-state index in [1.807, 2.05) is 30.5 Å². The van der Waals surface area contributed by atoms with Crippen molar-refractivity contribution in [3.05, 3.63) is 36.0 Å². The molecule has 70 valence electrons. The van der Waals surface area contributed by atoms with Crippen molar-refractivity contribution in [2.45, 2.75) is 12.5 Å². The third-order valence-electron chi connectivity index (χ3n) is 2.33. The van der Waals surface area contributed by atoms with Crippen LogP contribution in [0.25, 0.3) is 10.9 Å². The Kier molecular flexibility index (Phi) is 2.21. The lowest BCUT2D eigenvalue weighted by atomic mass is 10.0. The highest BCUT2D eigenvalue weighted by atomic mass is 14.7. The lowest BCUT2D eigenvalue weighted by molar-refractivity contribution is 0.755. The van der Waals surface area contributed by atoms with E-state index in [1.165, 1.54) is 0 Å². The topological polar surface area (TPSA) is 65.6 Å². The van der Waals surface area contributed by atoms with Crippen molar-refractivity contribution in [3.63, 3.8) is 0 Å². The summed E-state index contributed by atoms with van der Waals surface area (Å²) < 4.78 is 0. The molecule has 0 spiro atoms. The molecule has 14 heavy (non-hydrogen) atoms. The van der Waals surface area contributed by atoms with Crippen LogP contribution in [0.4, 0.5) is 0 Å². The number of rotatable bonds is 2. The Labute approximate surface area is 82.1 Å². The summed E-state index contributed by atoms with van der Waals surface area (Å²) >= 11 is 0. The average molecular weight is 185 g/mol. The molecule has 0 aliphatic rings. The number of fused-ring (bicyclic) bond motifs is 1. The molecule has 3 nitrogen and oxygen atoms in total. The van der Waals surface area contributed by atoms with E-state index in [2.05, 4.69) is 11.1 Å². The monoisotopic (exact) mass is 185 g/mol. The van der Waals surface area contributed by atoms with Gasteiger partial charge < -0.3 is 10.7 Å². The molecule has 0 saturated carbocycles. The Morgan fingerprint density at radius 3 is 3.00 bits per heavy atom. The first-order valence-electron chi connectivity index (χ1n) is 4.51. The number of nitrogens with one attached hydrogen (secondary N) is 1. The molecular weight excluding hydrogens is 174 g/mol. The van der Waals surface area contributed by atoms with Gasteiger partial charge in [0.05, 0.1) is 12.5 Å². The molecule has 0 saturated heterocycles. The van der Waals surface area contributed by atoms with Gasteiger partial charge in [-0.3, -0.25) is 0 Å². The molecule has 3 heteroatoms. The highest BCUT2D eigenvalue weighted by Crippen LogP contribution is 2.23. The number of aromatic nitrogens is 1. The maximum atomic E-state index is 8.57. The number of benzene rings is 1. The highest BCUT2D eigenvalue weighted by Gasteiger charge is 2.10. The number of nitrogens with two attached hydrogens (primary N) is 1. The molecule has 0 amide bonds. The molecule has 1 aromatic heterocycles. The fourth-order valence-corrected chi connectivity index (χ4v) is 1.61. The van der Waals surface area contributed by atoms with Gasteiger partial charge in [0.15, 0.2) is 0 Å². The second-order valence-electron chi connectivity index (χ2n) is 3.26. The Hall–Kier alpha value is -1.79. The van der Waals surface area contributed by atoms with Gasteiger partial charge in [0.2, 0.25) is 0 Å². The van der Waals surface area contributed by atoms with Crippen LogP contribution in [0.15, 0.2) is 30.5 Å². The van der Waals surface area contributed by atoms with E-state index in [9.17, 15) is 0 Å². The summed E-state index contributed by atoms with van der Waals surface area (Å²) in [5, 5.41) is 9.67. The molecule has 1 atom stereocenters. The van der Waals surface area contributed by atoms with E-state index in [1.54, 1.807) is 0 Å². The van der Waals surface area contributed by atoms with Crippen LogP contribution in [-0.4, -0.2) is 4.98 Å². The van der Waals surface area contributed by atoms with Gasteiger partial charge in [-0.15, -0.1) is 0 Å². The zero-order chi connectivity index (χ0) is 9.97. The van der Waals surface area contributed by atoms with Gasteiger partial charge in [-0.2, -0.15) is 5.26 Å². The summed E-state index contributed by atoms with van der Waals surface area (Å²) in [5.74, 6) is 0. The van der Waals surface area contributed by atoms with Gasteiger partial charge in [-0.25, -0.2) is 0 Å². The fourth-order valence-electron chi connectivity index (χ4n) is 1.61. The number of nitrogens with zero attached hydrogens (tertiary/aromatic N) is 1. The van der Waals surface area contributed by atoms with Crippen molar-refractivity contribution in [2.75, 3.05) is 0 Å². The van der Waals surface area contributed by atoms with Crippen LogP contribution in [0.5, 0.6) is 0 Å². The molecule has 0 bridgehead atoms. The van der Waals surface area contributed by atoms with Crippen LogP contribution in [0.2, 0.25) is 0 Å². The first kappa shape index (κ1) is 8.79. The van der Waals surface area contributed by atoms with E-state index in [0.717, 1.165) is 16.5 Å². The molecule has 3 N–H and O–H groups in total. The third-order valence-corrected chi connectivity index (χ3v) is 2.33. The van der Waals surface area contributed by atoms with Crippen LogP contribution < -0.4 is 5.73 Å². The Morgan fingerprint density at radius 2 is 2.21 bits per heavy atom. The molecule has 0 aliphatic carbocycles. The first-order valence-corrected chi connectivity index (χ1v) is 4.51. The van der Waals surface area contributed by atoms with Crippen molar-refractivity contribution in [1.82, 2.24) is 4.98 Å². The van der Waals surface area contributed by atoms with Crippen LogP contribution in [0, 0.1) is 11.3 Å². The number of hydrogen-bond donors (Lipinski definition) is 2. The molecule has 0 unspecified atom stereocenters. The Bertz CT molecular complexity index is 478. The molecule has 0 fully saturated rings. The quantitative estimate of drug-likeness (QED) is 0.752. The number of para-hydroxylation sites is 1. The Balaban J connectivity index is 2.48. The second kappa shape index (κ2) is 3.52. The lowest BCUT2D eigenvalue weighted by Gasteiger charge is -2.04. The largest absolute Gasteiger partial charge is 0.361 e. The van der Waals surface area contributed by atoms with Crippen molar-refractivity contribution >= 4 is 10.9 Å². The molecule has 1 heterocycles. The summed E-state index contributed by atoms with van der Waals surface area (Å²) in [5.41, 5.74) is 7.96. The van der Waals surface area contributed by atoms with Crippen molar-refractivity contribution in [2.24, 2.45) is 5.73 Å². The molecule has 2 aromatic rings. The summed E-state index contributed by atoms with van der Waals surface area (Å²) in [6.45, 7) is 0. The van der Waals surface area contributed by atoms with E-state index < -0.39 is 0 Å². The van der Waals surface area contributed by atoms with Gasteiger partial charge in [0.1, 0.15) is 0 Å². The van der Waals surface area contributed by atoms with Crippen LogP contribution in [0.1, 0.15) is 18.0 Å². The number of H-pyrrole nitrogens is 1. The minimum Gasteiger partial charge on any atom is -0.361 e. The number of nitriles is 1. The zero-order valence-corrected chi connectivity index (χ0v) is 7.70. The third kappa shape index (κ3) is 1.36. The molecular formula is C11H11N3. The van der Waals surface area contributed by atoms with E-state index in [0.29, 0.717) is 6.42 Å². The average Bonchev–Trinajstić information content (AvgIpc) is 2.61. The zero-order valence-electron chi connectivity index (χ0n) is 7.70. The van der Waals surface area contributed by atoms with Crippen LogP contribution in [-0.2, 0) is 0 Å². The van der Waals surface area contributed by atoms with Crippen molar-refractivity contribution in [1.29, 1.82) is 5.26 Å². The number of aromatic amines is 1. The summed E-state index contributed by atoms with van der Waals surface area (Å²) in [6, 6.07) is 9.84. The molecule has 2 rings (SSSR count). The van der Waals surface area contributed by atoms with Crippen molar-refractivity contribution in [3.8, 4) is 6.07 Å². The minimum absolute atomic E-state index is 0.198. The fraction of sp³-hybridized carbons (Fsp3) is 0.182. The highest BCUT2D eigenvalue weighted by molar-refractivity contribution is 5.83. The van der Waals surface area contributed by atoms with Gasteiger partial charge in [0.25, 0.3) is 0 Å². The predicted octanol–water partition coefficient (Wildman–Crippen LogP) is 2.08. The maximum Gasteiger partial charge on any atom is 0.0641 e. The Morgan fingerprint density at radius 1 is 1.43 bits per heavy atom. The standard InChI is InChI=1S/C11H11N3/c12-6-5-10(13)9-7-14-11-4-2-1-3-8(9)11/h1-4,7,10,14H,5,13H2/t10-/m0/s1. The molecule has 0 aliphatic heterocycles. The van der Waals surface area contributed by atoms with E-state index in [4.69, 9.17) is 11.0 Å². The van der Waals surface area contributed by atoms with Gasteiger partial charge in [0, 0.05) is 23.1 Å². The number of hydrogen-bond acceptors (Lipinski definition) is 2. The minimum atomic E-state index is -0.198. The van der Waals surface area contributed by atoms with Crippen molar-refractivity contribution < 1.29 is 0 Å². The molecule has 1 aromatic carbocycles.